The first-order valence-corrected chi connectivity index (χ1v) is 8.25. The van der Waals surface area contributed by atoms with E-state index in [0.29, 0.717) is 10.6 Å². The van der Waals surface area contributed by atoms with E-state index in [2.05, 4.69) is 4.99 Å². The molecule has 0 aromatic heterocycles. The Morgan fingerprint density at radius 3 is 2.52 bits per heavy atom. The van der Waals surface area contributed by atoms with E-state index in [4.69, 9.17) is 4.74 Å². The molecule has 1 fully saturated rings. The fraction of sp³-hybridized carbons (Fsp3) is 0.158. The third-order valence-electron chi connectivity index (χ3n) is 4.09. The number of carbonyl (C=O) groups is 3. The number of rotatable bonds is 4. The number of benzene rings is 2. The largest absolute Gasteiger partial charge is 0.497 e. The second kappa shape index (κ2) is 7.74. The van der Waals surface area contributed by atoms with Crippen LogP contribution in [0, 0.1) is 5.92 Å². The number of urea groups is 1. The topological polar surface area (TPSA) is 88.1 Å². The highest BCUT2D eigenvalue weighted by atomic mass is 19.4. The number of halogens is 3. The van der Waals surface area contributed by atoms with E-state index >= 15 is 0 Å². The molecule has 0 unspecified atom stereocenters. The van der Waals surface area contributed by atoms with Crippen LogP contribution in [-0.2, 0) is 15.8 Å². The van der Waals surface area contributed by atoms with Crippen molar-refractivity contribution in [3.63, 3.8) is 0 Å². The zero-order valence-electron chi connectivity index (χ0n) is 14.9. The number of imide groups is 2. The number of nitrogens with one attached hydrogen (secondary N) is 1. The Morgan fingerprint density at radius 2 is 1.83 bits per heavy atom. The van der Waals surface area contributed by atoms with Gasteiger partial charge >= 0.3 is 12.2 Å². The maximum atomic E-state index is 13.1. The van der Waals surface area contributed by atoms with Gasteiger partial charge in [0.15, 0.2) is 5.92 Å². The Labute approximate surface area is 162 Å². The highest BCUT2D eigenvalue weighted by Gasteiger charge is 2.41. The molecule has 2 aromatic carbocycles. The van der Waals surface area contributed by atoms with Crippen molar-refractivity contribution in [2.24, 2.45) is 10.9 Å². The van der Waals surface area contributed by atoms with E-state index in [0.717, 1.165) is 18.3 Å². The van der Waals surface area contributed by atoms with Gasteiger partial charge < -0.3 is 4.74 Å². The van der Waals surface area contributed by atoms with Gasteiger partial charge in [-0.1, -0.05) is 18.2 Å². The molecule has 7 nitrogen and oxygen atoms in total. The summed E-state index contributed by atoms with van der Waals surface area (Å²) in [5.41, 5.74) is -1.33. The molecular weight excluding hydrogens is 391 g/mol. The summed E-state index contributed by atoms with van der Waals surface area (Å²) in [5.74, 6) is -3.14. The van der Waals surface area contributed by atoms with Gasteiger partial charge in [0.05, 0.1) is 24.0 Å². The SMILES string of the molecule is COc1cccc(N2C(=O)NC(=O)[C@H](C=Nc3ccccc3C(F)(F)F)C2=O)c1. The fourth-order valence-corrected chi connectivity index (χ4v) is 2.70. The third-order valence-corrected chi connectivity index (χ3v) is 4.09. The van der Waals surface area contributed by atoms with Crippen LogP contribution in [0.15, 0.2) is 53.5 Å². The van der Waals surface area contributed by atoms with Crippen LogP contribution in [0.4, 0.5) is 29.3 Å². The molecule has 0 bridgehead atoms. The average Bonchev–Trinajstić information content (AvgIpc) is 2.67. The summed E-state index contributed by atoms with van der Waals surface area (Å²) in [6.45, 7) is 0. The van der Waals surface area contributed by atoms with Gasteiger partial charge in [0.2, 0.25) is 5.91 Å². The minimum atomic E-state index is -4.66. The Kier molecular flexibility index (Phi) is 5.35. The number of anilines is 1. The van der Waals surface area contributed by atoms with Crippen LogP contribution in [0.5, 0.6) is 5.75 Å². The van der Waals surface area contributed by atoms with Crippen molar-refractivity contribution in [3.05, 3.63) is 54.1 Å². The molecule has 29 heavy (non-hydrogen) atoms. The number of methoxy groups -OCH3 is 1. The van der Waals surface area contributed by atoms with Gasteiger partial charge in [-0.05, 0) is 24.3 Å². The number of hydrogen-bond acceptors (Lipinski definition) is 5. The summed E-state index contributed by atoms with van der Waals surface area (Å²) in [5, 5.41) is 2.00. The van der Waals surface area contributed by atoms with Gasteiger partial charge in [-0.25, -0.2) is 9.69 Å². The zero-order valence-corrected chi connectivity index (χ0v) is 14.9. The van der Waals surface area contributed by atoms with Crippen molar-refractivity contribution < 1.29 is 32.3 Å². The smallest absolute Gasteiger partial charge is 0.418 e. The first-order chi connectivity index (χ1) is 13.7. The summed E-state index contributed by atoms with van der Waals surface area (Å²) < 4.78 is 44.3. The number of alkyl halides is 3. The molecule has 1 heterocycles. The lowest BCUT2D eigenvalue weighted by atomic mass is 10.1. The lowest BCUT2D eigenvalue weighted by Crippen LogP contribution is -2.58. The molecule has 1 N–H and O–H groups in total. The van der Waals surface area contributed by atoms with Gasteiger partial charge in [0.25, 0.3) is 5.91 Å². The normalized spacial score (nSPS) is 17.6. The molecule has 4 amide bonds. The summed E-state index contributed by atoms with van der Waals surface area (Å²) in [6.07, 6.45) is -3.86. The summed E-state index contributed by atoms with van der Waals surface area (Å²) in [4.78, 5) is 41.4. The average molecular weight is 405 g/mol. The van der Waals surface area contributed by atoms with Crippen LogP contribution in [0.2, 0.25) is 0 Å². The molecule has 10 heteroatoms. The lowest BCUT2D eigenvalue weighted by molar-refractivity contribution is -0.137. The van der Waals surface area contributed by atoms with Crippen molar-refractivity contribution >= 4 is 35.4 Å². The number of aliphatic imine (C=N–C) groups is 1. The van der Waals surface area contributed by atoms with Crippen molar-refractivity contribution in [3.8, 4) is 5.75 Å². The van der Waals surface area contributed by atoms with Crippen LogP contribution in [0.1, 0.15) is 5.56 Å². The molecule has 150 valence electrons. The molecule has 2 aromatic rings. The van der Waals surface area contributed by atoms with Crippen molar-refractivity contribution in [2.75, 3.05) is 12.0 Å². The number of nitrogens with zero attached hydrogens (tertiary/aromatic N) is 2. The first kappa shape index (κ1) is 20.1. The first-order valence-electron chi connectivity index (χ1n) is 8.25. The van der Waals surface area contributed by atoms with Crippen molar-refractivity contribution in [1.82, 2.24) is 5.32 Å². The van der Waals surface area contributed by atoms with Gasteiger partial charge in [-0.2, -0.15) is 13.2 Å². The minimum Gasteiger partial charge on any atom is -0.497 e. The van der Waals surface area contributed by atoms with E-state index in [1.54, 1.807) is 6.07 Å². The van der Waals surface area contributed by atoms with E-state index in [9.17, 15) is 27.6 Å². The third kappa shape index (κ3) is 4.10. The Morgan fingerprint density at radius 1 is 1.10 bits per heavy atom. The van der Waals surface area contributed by atoms with Gasteiger partial charge in [-0.3, -0.25) is 19.9 Å². The van der Waals surface area contributed by atoms with Crippen LogP contribution in [0.3, 0.4) is 0 Å². The molecular formula is C19H14F3N3O4. The van der Waals surface area contributed by atoms with Gasteiger partial charge in [0.1, 0.15) is 5.75 Å². The highest BCUT2D eigenvalue weighted by molar-refractivity contribution is 6.32. The second-order valence-electron chi connectivity index (χ2n) is 5.94. The van der Waals surface area contributed by atoms with Crippen LogP contribution >= 0.6 is 0 Å². The van der Waals surface area contributed by atoms with Crippen molar-refractivity contribution in [1.29, 1.82) is 0 Å². The molecule has 0 aliphatic carbocycles. The summed E-state index contributed by atoms with van der Waals surface area (Å²) in [7, 11) is 1.40. The van der Waals surface area contributed by atoms with E-state index in [-0.39, 0.29) is 5.69 Å². The van der Waals surface area contributed by atoms with E-state index in [1.165, 1.54) is 37.4 Å². The van der Waals surface area contributed by atoms with Crippen LogP contribution in [0.25, 0.3) is 0 Å². The molecule has 1 atom stereocenters. The Balaban J connectivity index is 1.94. The number of ether oxygens (including phenoxy) is 1. The molecule has 0 saturated carbocycles. The molecule has 3 rings (SSSR count). The number of hydrogen-bond donors (Lipinski definition) is 1. The van der Waals surface area contributed by atoms with E-state index < -0.39 is 41.2 Å². The van der Waals surface area contributed by atoms with E-state index in [1.807, 2.05) is 5.32 Å². The van der Waals surface area contributed by atoms with Crippen LogP contribution in [-0.4, -0.2) is 31.2 Å². The number of barbiturate groups is 1. The quantitative estimate of drug-likeness (QED) is 0.625. The highest BCUT2D eigenvalue weighted by Crippen LogP contribution is 2.36. The second-order valence-corrected chi connectivity index (χ2v) is 5.94. The fourth-order valence-electron chi connectivity index (χ4n) is 2.70. The predicted molar refractivity (Wildman–Crippen MR) is 97.1 cm³/mol. The summed E-state index contributed by atoms with van der Waals surface area (Å²) in [6, 6.07) is 9.48. The van der Waals surface area contributed by atoms with Crippen molar-refractivity contribution in [2.45, 2.75) is 6.18 Å². The Hall–Kier alpha value is -3.69. The summed E-state index contributed by atoms with van der Waals surface area (Å²) >= 11 is 0. The molecule has 1 saturated heterocycles. The molecule has 0 radical (unpaired) electrons. The zero-order chi connectivity index (χ0) is 21.2. The number of carbonyl (C=O) groups excluding carboxylic acids is 3. The lowest BCUT2D eigenvalue weighted by Gasteiger charge is -2.28. The number of amides is 4. The molecule has 1 aliphatic rings. The predicted octanol–water partition coefficient (Wildman–Crippen LogP) is 3.32. The maximum Gasteiger partial charge on any atom is 0.418 e. The number of para-hydroxylation sites is 1. The minimum absolute atomic E-state index is 0.133. The monoisotopic (exact) mass is 405 g/mol. The molecule has 0 spiro atoms. The van der Waals surface area contributed by atoms with Gasteiger partial charge in [0, 0.05) is 12.3 Å². The van der Waals surface area contributed by atoms with Crippen LogP contribution < -0.4 is 15.0 Å². The molecule has 1 aliphatic heterocycles. The standard InChI is InChI=1S/C19H14F3N3O4/c1-29-12-6-4-5-11(9-12)25-17(27)13(16(26)24-18(25)28)10-23-15-8-3-2-7-14(15)19(20,21)22/h2-10,13H,1H3,(H,24,26,28)/t13-/m0/s1. The Bertz CT molecular complexity index is 1000. The van der Waals surface area contributed by atoms with Gasteiger partial charge in [-0.15, -0.1) is 0 Å². The maximum absolute atomic E-state index is 13.1.